The van der Waals surface area contributed by atoms with E-state index in [2.05, 4.69) is 0 Å². The Morgan fingerprint density at radius 1 is 1.45 bits per heavy atom. The predicted octanol–water partition coefficient (Wildman–Crippen LogP) is -0.271. The molecule has 0 saturated carbocycles. The molecule has 7 heteroatoms. The summed E-state index contributed by atoms with van der Waals surface area (Å²) in [4.78, 5) is 19.7. The fraction of sp³-hybridized carbons (Fsp3) is 0.500. The molecule has 0 radical (unpaired) electrons. The average Bonchev–Trinajstić information content (AvgIpc) is 1.98. The maximum Gasteiger partial charge on any atom is 0.426 e. The van der Waals surface area contributed by atoms with Crippen molar-refractivity contribution in [2.24, 2.45) is 5.28 Å². The van der Waals surface area contributed by atoms with E-state index >= 15 is 0 Å². The molecule has 0 unspecified atom stereocenters. The van der Waals surface area contributed by atoms with Crippen molar-refractivity contribution in [2.45, 2.75) is 12.8 Å². The number of hydrogen-bond donors (Lipinski definition) is 2. The summed E-state index contributed by atoms with van der Waals surface area (Å²) < 4.78 is 0. The van der Waals surface area contributed by atoms with Crippen LogP contribution >= 0.6 is 0 Å². The van der Waals surface area contributed by atoms with E-state index in [0.717, 1.165) is 0 Å². The SMILES string of the molecule is O=C(O)CCC(=O)[N+]([O-])=NO. The van der Waals surface area contributed by atoms with Gasteiger partial charge in [0.05, 0.1) is 12.8 Å². The third-order valence-corrected chi connectivity index (χ3v) is 0.847. The van der Waals surface area contributed by atoms with Gasteiger partial charge in [-0.25, -0.2) is 4.79 Å². The second-order valence-electron chi connectivity index (χ2n) is 1.65. The van der Waals surface area contributed by atoms with Crippen LogP contribution in [0.15, 0.2) is 5.28 Å². The van der Waals surface area contributed by atoms with Crippen molar-refractivity contribution in [1.82, 2.24) is 0 Å². The zero-order chi connectivity index (χ0) is 8.85. The van der Waals surface area contributed by atoms with Crippen molar-refractivity contribution < 1.29 is 24.8 Å². The Bertz CT molecular complexity index is 199. The van der Waals surface area contributed by atoms with E-state index in [1.165, 1.54) is 0 Å². The standard InChI is InChI=1S/C4H6N2O5/c7-3(6(11)5-10)1-2-4(8)9/h10H,1-2H2,(H,8,9). The molecule has 0 atom stereocenters. The first-order valence-corrected chi connectivity index (χ1v) is 2.65. The van der Waals surface area contributed by atoms with E-state index in [0.29, 0.717) is 0 Å². The lowest BCUT2D eigenvalue weighted by molar-refractivity contribution is -0.479. The number of amides is 1. The van der Waals surface area contributed by atoms with Crippen LogP contribution in [0.2, 0.25) is 0 Å². The molecule has 62 valence electrons. The number of aliphatic carboxylic acids is 1. The highest BCUT2D eigenvalue weighted by Crippen LogP contribution is 1.91. The number of rotatable bonds is 3. The maximum atomic E-state index is 10.4. The van der Waals surface area contributed by atoms with Gasteiger partial charge in [-0.1, -0.05) is 0 Å². The number of nitrogens with zero attached hydrogens (tertiary/aromatic N) is 2. The summed E-state index contributed by atoms with van der Waals surface area (Å²) in [6, 6.07) is 0. The summed E-state index contributed by atoms with van der Waals surface area (Å²) >= 11 is 0. The Morgan fingerprint density at radius 3 is 2.36 bits per heavy atom. The molecule has 2 N–H and O–H groups in total. The van der Waals surface area contributed by atoms with Gasteiger partial charge in [-0.15, -0.1) is 0 Å². The van der Waals surface area contributed by atoms with Crippen LogP contribution in [-0.4, -0.2) is 27.1 Å². The zero-order valence-corrected chi connectivity index (χ0v) is 5.43. The Morgan fingerprint density at radius 2 is 2.00 bits per heavy atom. The highest BCUT2D eigenvalue weighted by molar-refractivity contribution is 5.75. The van der Waals surface area contributed by atoms with Crippen molar-refractivity contribution >= 4 is 11.9 Å². The minimum atomic E-state index is -1.19. The lowest BCUT2D eigenvalue weighted by atomic mass is 10.3. The Kier molecular flexibility index (Phi) is 3.57. The molecule has 1 amide bonds. The topological polar surface area (TPSA) is 113 Å². The number of carboxylic acid groups (broad SMARTS) is 1. The quantitative estimate of drug-likeness (QED) is 0.337. The summed E-state index contributed by atoms with van der Waals surface area (Å²) in [7, 11) is 0. The number of hydroxylamine groups is 1. The van der Waals surface area contributed by atoms with Crippen molar-refractivity contribution in [3.63, 3.8) is 0 Å². The van der Waals surface area contributed by atoms with Gasteiger partial charge in [0.25, 0.3) is 0 Å². The highest BCUT2D eigenvalue weighted by atomic mass is 16.6. The van der Waals surface area contributed by atoms with Gasteiger partial charge >= 0.3 is 11.9 Å². The van der Waals surface area contributed by atoms with Crippen LogP contribution in [0, 0.1) is 5.21 Å². The third kappa shape index (κ3) is 3.84. The maximum absolute atomic E-state index is 10.4. The van der Waals surface area contributed by atoms with Gasteiger partial charge in [-0.05, 0) is 0 Å². The second-order valence-corrected chi connectivity index (χ2v) is 1.65. The van der Waals surface area contributed by atoms with Crippen LogP contribution in [-0.2, 0) is 9.59 Å². The summed E-state index contributed by atoms with van der Waals surface area (Å²) in [5, 5.41) is 27.9. The molecule has 0 spiro atoms. The second kappa shape index (κ2) is 4.20. The van der Waals surface area contributed by atoms with E-state index in [4.69, 9.17) is 10.3 Å². The van der Waals surface area contributed by atoms with E-state index in [1.54, 1.807) is 0 Å². The Labute approximate surface area is 61.1 Å². The normalized spacial score (nSPS) is 11.1. The minimum absolute atomic E-state index is 0.451. The first-order valence-electron chi connectivity index (χ1n) is 2.65. The molecule has 0 aliphatic carbocycles. The van der Waals surface area contributed by atoms with Gasteiger partial charge in [0, 0.05) is 4.86 Å². The molecule has 0 bridgehead atoms. The first-order chi connectivity index (χ1) is 5.07. The summed E-state index contributed by atoms with van der Waals surface area (Å²) in [5.41, 5.74) is 0. The summed E-state index contributed by atoms with van der Waals surface area (Å²) in [6.45, 7) is 0. The molecule has 0 rings (SSSR count). The molecule has 0 aliphatic heterocycles. The van der Waals surface area contributed by atoms with Crippen LogP contribution in [0.4, 0.5) is 0 Å². The number of carbonyl (C=O) groups excluding carboxylic acids is 1. The minimum Gasteiger partial charge on any atom is -0.589 e. The molecule has 0 aromatic rings. The van der Waals surface area contributed by atoms with Crippen LogP contribution in [0.25, 0.3) is 0 Å². The number of carboxylic acids is 1. The molecule has 0 fully saturated rings. The lowest BCUT2D eigenvalue weighted by Gasteiger charge is -1.92. The zero-order valence-electron chi connectivity index (χ0n) is 5.43. The van der Waals surface area contributed by atoms with Crippen molar-refractivity contribution in [2.75, 3.05) is 0 Å². The van der Waals surface area contributed by atoms with Gasteiger partial charge < -0.3 is 15.5 Å². The van der Waals surface area contributed by atoms with Crippen LogP contribution in [0.3, 0.4) is 0 Å². The van der Waals surface area contributed by atoms with Crippen LogP contribution in [0.1, 0.15) is 12.8 Å². The number of carbonyl (C=O) groups is 2. The van der Waals surface area contributed by atoms with Gasteiger partial charge in [-0.3, -0.25) is 4.79 Å². The fourth-order valence-corrected chi connectivity index (χ4v) is 0.359. The van der Waals surface area contributed by atoms with E-state index in [1.807, 2.05) is 5.28 Å². The van der Waals surface area contributed by atoms with E-state index in [-0.39, 0.29) is 0 Å². The highest BCUT2D eigenvalue weighted by Gasteiger charge is 2.14. The van der Waals surface area contributed by atoms with E-state index < -0.39 is 29.6 Å². The molecular weight excluding hydrogens is 156 g/mol. The molecule has 7 nitrogen and oxygen atoms in total. The Balaban J connectivity index is 3.80. The molecular formula is C4H6N2O5. The number of hydrogen-bond acceptors (Lipinski definition) is 4. The van der Waals surface area contributed by atoms with Gasteiger partial charge in [-0.2, -0.15) is 0 Å². The smallest absolute Gasteiger partial charge is 0.426 e. The van der Waals surface area contributed by atoms with Crippen LogP contribution < -0.4 is 0 Å². The molecule has 11 heavy (non-hydrogen) atoms. The molecule has 0 heterocycles. The third-order valence-electron chi connectivity index (χ3n) is 0.847. The van der Waals surface area contributed by atoms with Crippen molar-refractivity contribution in [3.05, 3.63) is 5.21 Å². The molecule has 0 aliphatic rings. The van der Waals surface area contributed by atoms with Gasteiger partial charge in [0.2, 0.25) is 5.28 Å². The van der Waals surface area contributed by atoms with Gasteiger partial charge in [0.15, 0.2) is 0 Å². The average molecular weight is 162 g/mol. The fourth-order valence-electron chi connectivity index (χ4n) is 0.359. The van der Waals surface area contributed by atoms with Gasteiger partial charge in [0.1, 0.15) is 0 Å². The monoisotopic (exact) mass is 162 g/mol. The van der Waals surface area contributed by atoms with E-state index in [9.17, 15) is 14.8 Å². The summed E-state index contributed by atoms with van der Waals surface area (Å²) in [5.74, 6) is -2.28. The molecule has 0 saturated heterocycles. The molecule has 0 aromatic heterocycles. The Hall–Kier alpha value is -1.66. The largest absolute Gasteiger partial charge is 0.589 e. The summed E-state index contributed by atoms with van der Waals surface area (Å²) in [6.07, 6.45) is -0.921. The van der Waals surface area contributed by atoms with Crippen molar-refractivity contribution in [1.29, 1.82) is 0 Å². The predicted molar refractivity (Wildman–Crippen MR) is 29.7 cm³/mol. The van der Waals surface area contributed by atoms with Crippen LogP contribution in [0.5, 0.6) is 0 Å². The van der Waals surface area contributed by atoms with Crippen molar-refractivity contribution in [3.8, 4) is 0 Å². The lowest BCUT2D eigenvalue weighted by Crippen LogP contribution is -2.13. The molecule has 0 aromatic carbocycles. The first kappa shape index (κ1) is 9.34.